The minimum atomic E-state index is -0.273. The third kappa shape index (κ3) is 1.68. The molecule has 1 atom stereocenters. The van der Waals surface area contributed by atoms with Crippen molar-refractivity contribution in [3.63, 3.8) is 0 Å². The van der Waals surface area contributed by atoms with Crippen molar-refractivity contribution in [3.05, 3.63) is 47.4 Å². The summed E-state index contributed by atoms with van der Waals surface area (Å²) in [6, 6.07) is 6.26. The zero-order chi connectivity index (χ0) is 12.7. The van der Waals surface area contributed by atoms with E-state index in [0.717, 1.165) is 16.9 Å². The first-order valence-corrected chi connectivity index (χ1v) is 5.72. The Morgan fingerprint density at radius 3 is 2.83 bits per heavy atom. The Morgan fingerprint density at radius 2 is 2.11 bits per heavy atom. The molecule has 1 aromatic heterocycles. The highest BCUT2D eigenvalue weighted by atomic mass is 19.1. The number of carbonyl (C=O) groups excluding carboxylic acids is 1. The van der Waals surface area contributed by atoms with Crippen LogP contribution < -0.4 is 5.32 Å². The van der Waals surface area contributed by atoms with Gasteiger partial charge in [0.05, 0.1) is 6.20 Å². The van der Waals surface area contributed by atoms with E-state index in [4.69, 9.17) is 0 Å². The molecule has 0 aliphatic carbocycles. The molecule has 0 radical (unpaired) electrons. The molecule has 0 saturated carbocycles. The summed E-state index contributed by atoms with van der Waals surface area (Å²) in [7, 11) is 1.78. The van der Waals surface area contributed by atoms with Gasteiger partial charge in [-0.1, -0.05) is 12.1 Å². The molecule has 1 aliphatic rings. The minimum Gasteiger partial charge on any atom is -0.311 e. The zero-order valence-corrected chi connectivity index (χ0v) is 9.85. The second-order valence-electron chi connectivity index (χ2n) is 4.43. The van der Waals surface area contributed by atoms with Crippen molar-refractivity contribution in [1.82, 2.24) is 9.78 Å². The first-order chi connectivity index (χ1) is 8.65. The van der Waals surface area contributed by atoms with E-state index >= 15 is 0 Å². The molecular weight excluding hydrogens is 233 g/mol. The number of fused-ring (bicyclic) bond motifs is 1. The van der Waals surface area contributed by atoms with Gasteiger partial charge < -0.3 is 5.32 Å². The van der Waals surface area contributed by atoms with Gasteiger partial charge in [-0.15, -0.1) is 0 Å². The van der Waals surface area contributed by atoms with E-state index in [1.165, 1.54) is 12.1 Å². The zero-order valence-electron chi connectivity index (χ0n) is 9.85. The van der Waals surface area contributed by atoms with E-state index in [9.17, 15) is 9.18 Å². The lowest BCUT2D eigenvalue weighted by Gasteiger charge is -2.23. The highest BCUT2D eigenvalue weighted by Crippen LogP contribution is 2.36. The highest BCUT2D eigenvalue weighted by molar-refractivity contribution is 5.94. The molecule has 0 fully saturated rings. The Labute approximate surface area is 103 Å². The van der Waals surface area contributed by atoms with Gasteiger partial charge in [0.15, 0.2) is 0 Å². The van der Waals surface area contributed by atoms with E-state index < -0.39 is 0 Å². The molecule has 0 spiro atoms. The number of nitrogens with zero attached hydrogens (tertiary/aromatic N) is 2. The standard InChI is InChI=1S/C13H12FN3O/c1-17-13-11(7-15-17)10(6-12(18)16-13)8-2-4-9(14)5-3-8/h2-5,7,10H,6H2,1H3,(H,16,18)/t10-/m0/s1. The normalized spacial score (nSPS) is 18.3. The topological polar surface area (TPSA) is 46.9 Å². The number of aromatic nitrogens is 2. The van der Waals surface area contributed by atoms with Crippen LogP contribution in [0.25, 0.3) is 0 Å². The first kappa shape index (κ1) is 11.0. The predicted octanol–water partition coefficient (Wildman–Crippen LogP) is 2.03. The summed E-state index contributed by atoms with van der Waals surface area (Å²) in [4.78, 5) is 11.7. The fourth-order valence-electron chi connectivity index (χ4n) is 2.33. The molecule has 4 nitrogen and oxygen atoms in total. The molecule has 0 bridgehead atoms. The number of anilines is 1. The number of aryl methyl sites for hydroxylation is 1. The fourth-order valence-corrected chi connectivity index (χ4v) is 2.33. The number of amides is 1. The van der Waals surface area contributed by atoms with Gasteiger partial charge in [-0.3, -0.25) is 9.48 Å². The number of hydrogen-bond donors (Lipinski definition) is 1. The van der Waals surface area contributed by atoms with Crippen LogP contribution in [-0.4, -0.2) is 15.7 Å². The lowest BCUT2D eigenvalue weighted by atomic mass is 9.87. The Bertz CT molecular complexity index is 603. The van der Waals surface area contributed by atoms with Crippen molar-refractivity contribution >= 4 is 11.7 Å². The van der Waals surface area contributed by atoms with E-state index in [-0.39, 0.29) is 17.6 Å². The number of hydrogen-bond acceptors (Lipinski definition) is 2. The first-order valence-electron chi connectivity index (χ1n) is 5.72. The van der Waals surface area contributed by atoms with Crippen LogP contribution in [0, 0.1) is 5.82 Å². The van der Waals surface area contributed by atoms with Crippen LogP contribution in [0.4, 0.5) is 10.2 Å². The quantitative estimate of drug-likeness (QED) is 0.835. The molecule has 18 heavy (non-hydrogen) atoms. The van der Waals surface area contributed by atoms with Crippen molar-refractivity contribution in [3.8, 4) is 0 Å². The molecule has 0 saturated heterocycles. The SMILES string of the molecule is Cn1ncc2c1NC(=O)C[C@H]2c1ccc(F)cc1. The van der Waals surface area contributed by atoms with Gasteiger partial charge in [-0.2, -0.15) is 5.10 Å². The lowest BCUT2D eigenvalue weighted by Crippen LogP contribution is -2.24. The molecule has 1 N–H and O–H groups in total. The fraction of sp³-hybridized carbons (Fsp3) is 0.231. The molecule has 92 valence electrons. The van der Waals surface area contributed by atoms with Gasteiger partial charge in [0.1, 0.15) is 11.6 Å². The van der Waals surface area contributed by atoms with Crippen molar-refractivity contribution < 1.29 is 9.18 Å². The summed E-state index contributed by atoms with van der Waals surface area (Å²) in [6.07, 6.45) is 2.12. The van der Waals surface area contributed by atoms with E-state index in [1.54, 1.807) is 30.1 Å². The average molecular weight is 245 g/mol. The number of rotatable bonds is 1. The molecule has 1 aliphatic heterocycles. The maximum Gasteiger partial charge on any atom is 0.226 e. The second-order valence-corrected chi connectivity index (χ2v) is 4.43. The van der Waals surface area contributed by atoms with Crippen LogP contribution in [0.15, 0.2) is 30.5 Å². The van der Waals surface area contributed by atoms with Crippen molar-refractivity contribution in [2.45, 2.75) is 12.3 Å². The van der Waals surface area contributed by atoms with E-state index in [1.807, 2.05) is 0 Å². The van der Waals surface area contributed by atoms with Gasteiger partial charge in [0.25, 0.3) is 0 Å². The van der Waals surface area contributed by atoms with Gasteiger partial charge in [-0.05, 0) is 17.7 Å². The third-order valence-corrected chi connectivity index (χ3v) is 3.26. The number of carbonyl (C=O) groups is 1. The summed E-state index contributed by atoms with van der Waals surface area (Å²) in [6.45, 7) is 0. The maximum atomic E-state index is 12.9. The average Bonchev–Trinajstić information content (AvgIpc) is 2.71. The molecule has 0 unspecified atom stereocenters. The maximum absolute atomic E-state index is 12.9. The van der Waals surface area contributed by atoms with Crippen LogP contribution in [0.5, 0.6) is 0 Å². The second kappa shape index (κ2) is 3.94. The van der Waals surface area contributed by atoms with E-state index in [0.29, 0.717) is 6.42 Å². The lowest BCUT2D eigenvalue weighted by molar-refractivity contribution is -0.116. The molecule has 5 heteroatoms. The molecular formula is C13H12FN3O. The van der Waals surface area contributed by atoms with Crippen LogP contribution in [0.3, 0.4) is 0 Å². The van der Waals surface area contributed by atoms with Crippen molar-refractivity contribution in [2.24, 2.45) is 7.05 Å². The van der Waals surface area contributed by atoms with Gasteiger partial charge in [-0.25, -0.2) is 4.39 Å². The number of benzene rings is 1. The van der Waals surface area contributed by atoms with Crippen molar-refractivity contribution in [2.75, 3.05) is 5.32 Å². The van der Waals surface area contributed by atoms with Crippen molar-refractivity contribution in [1.29, 1.82) is 0 Å². The monoisotopic (exact) mass is 245 g/mol. The van der Waals surface area contributed by atoms with E-state index in [2.05, 4.69) is 10.4 Å². The van der Waals surface area contributed by atoms with Gasteiger partial charge in [0, 0.05) is 24.9 Å². The molecule has 2 heterocycles. The smallest absolute Gasteiger partial charge is 0.226 e. The Balaban J connectivity index is 2.07. The predicted molar refractivity (Wildman–Crippen MR) is 64.7 cm³/mol. The summed E-state index contributed by atoms with van der Waals surface area (Å²) < 4.78 is 14.6. The van der Waals surface area contributed by atoms with Crippen LogP contribution in [-0.2, 0) is 11.8 Å². The van der Waals surface area contributed by atoms with Crippen LogP contribution in [0.1, 0.15) is 23.5 Å². The summed E-state index contributed by atoms with van der Waals surface area (Å²) in [5, 5.41) is 6.96. The third-order valence-electron chi connectivity index (χ3n) is 3.26. The molecule has 2 aromatic rings. The summed E-state index contributed by atoms with van der Waals surface area (Å²) >= 11 is 0. The molecule has 3 rings (SSSR count). The highest BCUT2D eigenvalue weighted by Gasteiger charge is 2.29. The Morgan fingerprint density at radius 1 is 1.39 bits per heavy atom. The minimum absolute atomic E-state index is 0.0413. The molecule has 1 amide bonds. The number of nitrogens with one attached hydrogen (secondary N) is 1. The van der Waals surface area contributed by atoms with Crippen LogP contribution >= 0.6 is 0 Å². The van der Waals surface area contributed by atoms with Gasteiger partial charge in [0.2, 0.25) is 5.91 Å². The summed E-state index contributed by atoms with van der Waals surface area (Å²) in [5.41, 5.74) is 1.91. The Hall–Kier alpha value is -2.17. The van der Waals surface area contributed by atoms with Gasteiger partial charge >= 0.3 is 0 Å². The number of halogens is 1. The molecule has 1 aromatic carbocycles. The van der Waals surface area contributed by atoms with Crippen LogP contribution in [0.2, 0.25) is 0 Å². The summed E-state index contributed by atoms with van der Waals surface area (Å²) in [5.74, 6) is 0.356. The largest absolute Gasteiger partial charge is 0.311 e. The Kier molecular flexibility index (Phi) is 2.40.